The number of benzene rings is 4. The van der Waals surface area contributed by atoms with E-state index < -0.39 is 34.1 Å². The van der Waals surface area contributed by atoms with Gasteiger partial charge >= 0.3 is 0 Å². The fraction of sp³-hybridized carbons (Fsp3) is 0.278. The van der Waals surface area contributed by atoms with Crippen molar-refractivity contribution in [3.05, 3.63) is 128 Å². The minimum absolute atomic E-state index is 0.0209. The summed E-state index contributed by atoms with van der Waals surface area (Å²) in [5, 5.41) is 4.07. The Bertz CT molecular complexity index is 1840. The summed E-state index contributed by atoms with van der Waals surface area (Å²) in [6.07, 6.45) is 0.181. The summed E-state index contributed by atoms with van der Waals surface area (Å²) in [5.74, 6) is -0.975. The summed E-state index contributed by atoms with van der Waals surface area (Å²) in [7, 11) is -4.25. The second-order valence-electron chi connectivity index (χ2n) is 12.5. The normalized spacial score (nSPS) is 12.3. The molecule has 1 atom stereocenters. The molecule has 0 aliphatic heterocycles. The van der Waals surface area contributed by atoms with E-state index in [4.69, 9.17) is 34.8 Å². The van der Waals surface area contributed by atoms with E-state index in [1.165, 1.54) is 17.0 Å². The number of carbonyl (C=O) groups is 2. The fourth-order valence-electron chi connectivity index (χ4n) is 5.09. The number of halogens is 3. The highest BCUT2D eigenvalue weighted by atomic mass is 35.5. The van der Waals surface area contributed by atoms with E-state index in [9.17, 15) is 18.0 Å². The lowest BCUT2D eigenvalue weighted by molar-refractivity contribution is -0.140. The van der Waals surface area contributed by atoms with Gasteiger partial charge in [-0.2, -0.15) is 0 Å². The van der Waals surface area contributed by atoms with E-state index in [2.05, 4.69) is 5.32 Å². The number of hydrogen-bond acceptors (Lipinski definition) is 4. The molecular weight excluding hydrogens is 677 g/mol. The fourth-order valence-corrected chi connectivity index (χ4v) is 7.12. The van der Waals surface area contributed by atoms with Crippen LogP contribution in [0.4, 0.5) is 5.69 Å². The second kappa shape index (κ2) is 15.1. The van der Waals surface area contributed by atoms with Crippen LogP contribution in [0.1, 0.15) is 43.0 Å². The molecule has 0 radical (unpaired) electrons. The van der Waals surface area contributed by atoms with Crippen LogP contribution in [-0.4, -0.2) is 43.3 Å². The monoisotopic (exact) mass is 713 g/mol. The smallest absolute Gasteiger partial charge is 0.264 e. The molecule has 0 unspecified atom stereocenters. The number of aryl methyl sites for hydroxylation is 2. The maximum atomic E-state index is 14.6. The average molecular weight is 715 g/mol. The predicted molar refractivity (Wildman–Crippen MR) is 191 cm³/mol. The highest BCUT2D eigenvalue weighted by Gasteiger charge is 2.36. The van der Waals surface area contributed by atoms with Crippen LogP contribution in [-0.2, 0) is 32.6 Å². The van der Waals surface area contributed by atoms with Gasteiger partial charge in [0.05, 0.1) is 20.6 Å². The Kier molecular flexibility index (Phi) is 11.7. The number of hydrogen-bond donors (Lipinski definition) is 1. The lowest BCUT2D eigenvalue weighted by atomic mass is 10.0. The first-order valence-corrected chi connectivity index (χ1v) is 17.6. The van der Waals surface area contributed by atoms with Crippen LogP contribution in [0.5, 0.6) is 0 Å². The molecule has 0 aromatic heterocycles. The molecule has 248 valence electrons. The zero-order valence-electron chi connectivity index (χ0n) is 26.9. The minimum Gasteiger partial charge on any atom is -0.350 e. The summed E-state index contributed by atoms with van der Waals surface area (Å²) < 4.78 is 29.6. The molecule has 4 aromatic rings. The number of carbonyl (C=O) groups excluding carboxylic acids is 2. The van der Waals surface area contributed by atoms with Crippen molar-refractivity contribution in [3.63, 3.8) is 0 Å². The van der Waals surface area contributed by atoms with Crippen LogP contribution in [0.3, 0.4) is 0 Å². The van der Waals surface area contributed by atoms with Crippen molar-refractivity contribution in [2.75, 3.05) is 10.8 Å². The summed E-state index contributed by atoms with van der Waals surface area (Å²) in [4.78, 5) is 30.1. The van der Waals surface area contributed by atoms with Crippen molar-refractivity contribution in [2.45, 2.75) is 64.1 Å². The standard InChI is InChI=1S/C36H38Cl3N3O4S/c1-24-11-15-29(16-12-24)47(45,46)42(32-18-14-28(37)19-25(32)2)23-34(43)41(22-27-13-17-30(38)31(39)20-27)33(35(44)40-36(3,4)5)21-26-9-7-6-8-10-26/h6-20,33H,21-23H2,1-5H3,(H,40,44)/t33-/m0/s1. The van der Waals surface area contributed by atoms with Gasteiger partial charge in [0, 0.05) is 23.5 Å². The molecule has 11 heteroatoms. The third-order valence-corrected chi connectivity index (χ3v) is 10.2. The second-order valence-corrected chi connectivity index (χ2v) is 15.6. The van der Waals surface area contributed by atoms with Gasteiger partial charge < -0.3 is 10.2 Å². The SMILES string of the molecule is Cc1ccc(S(=O)(=O)N(CC(=O)N(Cc2ccc(Cl)c(Cl)c2)[C@@H](Cc2ccccc2)C(=O)NC(C)(C)C)c2ccc(Cl)cc2C)cc1. The van der Waals surface area contributed by atoms with Crippen LogP contribution >= 0.6 is 34.8 Å². The van der Waals surface area contributed by atoms with Crippen molar-refractivity contribution >= 4 is 62.3 Å². The highest BCUT2D eigenvalue weighted by Crippen LogP contribution is 2.30. The Balaban J connectivity index is 1.86. The van der Waals surface area contributed by atoms with E-state index in [0.717, 1.165) is 15.4 Å². The molecule has 2 amide bonds. The molecule has 47 heavy (non-hydrogen) atoms. The topological polar surface area (TPSA) is 86.8 Å². The summed E-state index contributed by atoms with van der Waals surface area (Å²) in [5.41, 5.74) is 2.57. The third kappa shape index (κ3) is 9.51. The van der Waals surface area contributed by atoms with Crippen LogP contribution in [0, 0.1) is 13.8 Å². The molecule has 0 fully saturated rings. The zero-order valence-corrected chi connectivity index (χ0v) is 30.0. The Morgan fingerprint density at radius 2 is 1.47 bits per heavy atom. The molecule has 0 aliphatic carbocycles. The molecule has 0 saturated carbocycles. The van der Waals surface area contributed by atoms with Gasteiger partial charge in [-0.15, -0.1) is 0 Å². The summed E-state index contributed by atoms with van der Waals surface area (Å²) in [6.45, 7) is 8.53. The predicted octanol–water partition coefficient (Wildman–Crippen LogP) is 8.01. The van der Waals surface area contributed by atoms with Crippen molar-refractivity contribution in [1.29, 1.82) is 0 Å². The summed E-state index contributed by atoms with van der Waals surface area (Å²) >= 11 is 18.8. The minimum atomic E-state index is -4.25. The number of rotatable bonds is 11. The maximum absolute atomic E-state index is 14.6. The van der Waals surface area contributed by atoms with E-state index in [1.807, 2.05) is 58.0 Å². The Labute approximate surface area is 292 Å². The van der Waals surface area contributed by atoms with E-state index >= 15 is 0 Å². The van der Waals surface area contributed by atoms with Gasteiger partial charge in [0.15, 0.2) is 0 Å². The molecule has 1 N–H and O–H groups in total. The first-order chi connectivity index (χ1) is 22.0. The maximum Gasteiger partial charge on any atom is 0.264 e. The third-order valence-electron chi connectivity index (χ3n) is 7.42. The van der Waals surface area contributed by atoms with Crippen LogP contribution in [0.15, 0.2) is 95.9 Å². The summed E-state index contributed by atoms with van der Waals surface area (Å²) in [6, 6.07) is 24.5. The lowest BCUT2D eigenvalue weighted by Gasteiger charge is -2.35. The molecule has 7 nitrogen and oxygen atoms in total. The quantitative estimate of drug-likeness (QED) is 0.171. The van der Waals surface area contributed by atoms with Crippen LogP contribution < -0.4 is 9.62 Å². The van der Waals surface area contributed by atoms with Crippen LogP contribution in [0.25, 0.3) is 0 Å². The number of sulfonamides is 1. The number of nitrogens with one attached hydrogen (secondary N) is 1. The Morgan fingerprint density at radius 1 is 0.809 bits per heavy atom. The van der Waals surface area contributed by atoms with Crippen molar-refractivity contribution in [2.24, 2.45) is 0 Å². The van der Waals surface area contributed by atoms with Crippen molar-refractivity contribution < 1.29 is 18.0 Å². The molecular formula is C36H38Cl3N3O4S. The first-order valence-electron chi connectivity index (χ1n) is 15.0. The molecule has 0 saturated heterocycles. The molecule has 0 spiro atoms. The van der Waals surface area contributed by atoms with Gasteiger partial charge in [-0.3, -0.25) is 13.9 Å². The van der Waals surface area contributed by atoms with Gasteiger partial charge in [0.2, 0.25) is 11.8 Å². The average Bonchev–Trinajstić information content (AvgIpc) is 2.99. The number of amides is 2. The van der Waals surface area contributed by atoms with Crippen molar-refractivity contribution in [3.8, 4) is 0 Å². The van der Waals surface area contributed by atoms with Crippen molar-refractivity contribution in [1.82, 2.24) is 10.2 Å². The van der Waals surface area contributed by atoms with Gasteiger partial charge in [-0.1, -0.05) is 88.9 Å². The van der Waals surface area contributed by atoms with E-state index in [1.54, 1.807) is 55.5 Å². The van der Waals surface area contributed by atoms with E-state index in [-0.39, 0.29) is 34.5 Å². The largest absolute Gasteiger partial charge is 0.350 e. The number of nitrogens with zero attached hydrogens (tertiary/aromatic N) is 2. The lowest BCUT2D eigenvalue weighted by Crippen LogP contribution is -2.56. The Morgan fingerprint density at radius 3 is 2.06 bits per heavy atom. The molecule has 4 rings (SSSR count). The molecule has 0 heterocycles. The van der Waals surface area contributed by atoms with Gasteiger partial charge in [0.1, 0.15) is 12.6 Å². The highest BCUT2D eigenvalue weighted by molar-refractivity contribution is 7.92. The molecule has 0 bridgehead atoms. The zero-order chi connectivity index (χ0) is 34.5. The van der Waals surface area contributed by atoms with E-state index in [0.29, 0.717) is 21.2 Å². The van der Waals surface area contributed by atoms with Crippen LogP contribution in [0.2, 0.25) is 15.1 Å². The first kappa shape index (κ1) is 36.3. The molecule has 4 aromatic carbocycles. The molecule has 0 aliphatic rings. The van der Waals surface area contributed by atoms with Gasteiger partial charge in [-0.05, 0) is 93.8 Å². The van der Waals surface area contributed by atoms with Gasteiger partial charge in [0.25, 0.3) is 10.0 Å². The van der Waals surface area contributed by atoms with Gasteiger partial charge in [-0.25, -0.2) is 8.42 Å². The Hall–Kier alpha value is -3.56. The number of anilines is 1.